The van der Waals surface area contributed by atoms with Gasteiger partial charge in [-0.3, -0.25) is 0 Å². The maximum atomic E-state index is 10.5. The first-order valence-electron chi connectivity index (χ1n) is 7.68. The summed E-state index contributed by atoms with van der Waals surface area (Å²) in [7, 11) is -0.149. The van der Waals surface area contributed by atoms with Crippen LogP contribution in [0.15, 0.2) is 0 Å². The Morgan fingerprint density at radius 2 is 1.55 bits per heavy atom. The average Bonchev–Trinajstić information content (AvgIpc) is 2.32. The van der Waals surface area contributed by atoms with E-state index >= 15 is 0 Å². The van der Waals surface area contributed by atoms with E-state index in [9.17, 15) is 13.0 Å². The van der Waals surface area contributed by atoms with Crippen LogP contribution in [0.3, 0.4) is 0 Å². The average molecular weight is 309 g/mol. The highest BCUT2D eigenvalue weighted by Gasteiger charge is 2.16. The van der Waals surface area contributed by atoms with Crippen LogP contribution in [0.1, 0.15) is 58.3 Å². The molecule has 0 rings (SSSR count). The fourth-order valence-electron chi connectivity index (χ4n) is 2.03. The van der Waals surface area contributed by atoms with Crippen LogP contribution in [-0.4, -0.2) is 50.6 Å². The molecule has 0 heterocycles. The molecule has 0 N–H and O–H groups in total. The van der Waals surface area contributed by atoms with Gasteiger partial charge >= 0.3 is 0 Å². The Labute approximate surface area is 124 Å². The Morgan fingerprint density at radius 1 is 0.950 bits per heavy atom. The van der Waals surface area contributed by atoms with Gasteiger partial charge in [-0.25, -0.2) is 13.3 Å². The van der Waals surface area contributed by atoms with Crippen LogP contribution in [-0.2, 0) is 15.0 Å². The topological polar surface area (TPSA) is 66.4 Å². The van der Waals surface area contributed by atoms with Crippen molar-refractivity contribution in [2.24, 2.45) is 0 Å². The third-order valence-corrected chi connectivity index (χ3v) is 4.07. The fourth-order valence-corrected chi connectivity index (χ4v) is 2.59. The Bertz CT molecular complexity index is 328. The third kappa shape index (κ3) is 14.2. The second kappa shape index (κ2) is 10.5. The predicted molar refractivity (Wildman–Crippen MR) is 80.1 cm³/mol. The van der Waals surface area contributed by atoms with Gasteiger partial charge in [0.05, 0.1) is 24.2 Å². The molecular weight excluding hydrogens is 278 g/mol. The largest absolute Gasteiger partial charge is 0.748 e. The summed E-state index contributed by atoms with van der Waals surface area (Å²) in [6, 6.07) is 0. The van der Waals surface area contributed by atoms with Crippen molar-refractivity contribution < 1.29 is 22.5 Å². The van der Waals surface area contributed by atoms with Crippen LogP contribution >= 0.6 is 0 Å². The fraction of sp³-hybridized carbons (Fsp3) is 1.00. The molecule has 0 unspecified atom stereocenters. The summed E-state index contributed by atoms with van der Waals surface area (Å²) < 4.78 is 31.9. The summed E-state index contributed by atoms with van der Waals surface area (Å²) in [6.45, 7) is 3.67. The molecule has 0 radical (unpaired) electrons. The molecule has 6 heteroatoms. The van der Waals surface area contributed by atoms with E-state index in [1.54, 1.807) is 0 Å². The van der Waals surface area contributed by atoms with Crippen molar-refractivity contribution in [3.8, 4) is 0 Å². The maximum absolute atomic E-state index is 10.5. The van der Waals surface area contributed by atoms with E-state index in [1.807, 2.05) is 14.1 Å². The van der Waals surface area contributed by atoms with Gasteiger partial charge in [-0.2, -0.15) is 4.65 Å². The molecule has 122 valence electrons. The van der Waals surface area contributed by atoms with E-state index in [0.29, 0.717) is 17.5 Å². The van der Waals surface area contributed by atoms with Crippen molar-refractivity contribution in [1.82, 2.24) is 0 Å². The summed E-state index contributed by atoms with van der Waals surface area (Å²) in [4.78, 5) is 5.78. The number of hydrogen-bond donors (Lipinski definition) is 0. The molecule has 0 amide bonds. The Morgan fingerprint density at radius 3 is 2.15 bits per heavy atom. The smallest absolute Gasteiger partial charge is 0.108 e. The van der Waals surface area contributed by atoms with E-state index in [2.05, 4.69) is 6.92 Å². The van der Waals surface area contributed by atoms with Crippen molar-refractivity contribution in [2.45, 2.75) is 58.3 Å². The predicted octanol–water partition coefficient (Wildman–Crippen LogP) is 2.68. The van der Waals surface area contributed by atoms with Crippen LogP contribution in [0.2, 0.25) is 0 Å². The lowest BCUT2D eigenvalue weighted by atomic mass is 10.1. The van der Waals surface area contributed by atoms with E-state index < -0.39 is 10.1 Å². The maximum Gasteiger partial charge on any atom is 0.108 e. The van der Waals surface area contributed by atoms with E-state index in [-0.39, 0.29) is 5.75 Å². The first kappa shape index (κ1) is 19.8. The molecule has 5 nitrogen and oxygen atoms in total. The number of nitrogens with zero attached hydrogens (tertiary/aromatic N) is 1. The SMILES string of the molecule is CCCCCCCCO[N+](C)(C)CCCCS(=O)(=O)[O-]. The van der Waals surface area contributed by atoms with Crippen molar-refractivity contribution in [3.63, 3.8) is 0 Å². The lowest BCUT2D eigenvalue weighted by molar-refractivity contribution is -1.08. The number of quaternary nitrogens is 1. The molecular formula is C14H31NO4S. The van der Waals surface area contributed by atoms with Gasteiger partial charge in [0.15, 0.2) is 0 Å². The third-order valence-electron chi connectivity index (χ3n) is 3.28. The molecule has 0 aliphatic carbocycles. The second-order valence-electron chi connectivity index (χ2n) is 5.87. The second-order valence-corrected chi connectivity index (χ2v) is 7.39. The molecule has 0 aliphatic heterocycles. The molecule has 0 aromatic heterocycles. The zero-order valence-electron chi connectivity index (χ0n) is 13.3. The van der Waals surface area contributed by atoms with Gasteiger partial charge in [-0.15, -0.1) is 0 Å². The Kier molecular flexibility index (Phi) is 10.5. The van der Waals surface area contributed by atoms with Gasteiger partial charge < -0.3 is 4.55 Å². The van der Waals surface area contributed by atoms with E-state index in [0.717, 1.165) is 19.6 Å². The van der Waals surface area contributed by atoms with Crippen LogP contribution in [0.25, 0.3) is 0 Å². The minimum atomic E-state index is -4.07. The molecule has 0 aromatic carbocycles. The van der Waals surface area contributed by atoms with Crippen molar-refractivity contribution >= 4 is 10.1 Å². The van der Waals surface area contributed by atoms with Gasteiger partial charge in [-0.05, 0) is 12.8 Å². The molecule has 0 bridgehead atoms. The number of hydroxylamine groups is 3. The number of rotatable bonds is 13. The van der Waals surface area contributed by atoms with Crippen LogP contribution in [0, 0.1) is 0 Å². The Balaban J connectivity index is 3.54. The molecule has 0 spiro atoms. The molecule has 0 fully saturated rings. The molecule has 0 saturated heterocycles. The monoisotopic (exact) mass is 309 g/mol. The first-order valence-corrected chi connectivity index (χ1v) is 9.26. The number of unbranched alkanes of at least 4 members (excludes halogenated alkanes) is 6. The highest BCUT2D eigenvalue weighted by Crippen LogP contribution is 2.08. The molecule has 0 aliphatic rings. The van der Waals surface area contributed by atoms with Gasteiger partial charge in [0.25, 0.3) is 0 Å². The highest BCUT2D eigenvalue weighted by atomic mass is 32.2. The van der Waals surface area contributed by atoms with Gasteiger partial charge in [0, 0.05) is 12.2 Å². The van der Waals surface area contributed by atoms with Crippen LogP contribution in [0.5, 0.6) is 0 Å². The molecule has 0 saturated carbocycles. The highest BCUT2D eigenvalue weighted by molar-refractivity contribution is 7.85. The van der Waals surface area contributed by atoms with Crippen LogP contribution in [0.4, 0.5) is 0 Å². The molecule has 20 heavy (non-hydrogen) atoms. The van der Waals surface area contributed by atoms with Gasteiger partial charge in [0.2, 0.25) is 0 Å². The summed E-state index contributed by atoms with van der Waals surface area (Å²) in [5.74, 6) is -0.273. The zero-order valence-corrected chi connectivity index (χ0v) is 14.1. The molecule has 0 atom stereocenters. The summed E-state index contributed by atoms with van der Waals surface area (Å²) in [5.41, 5.74) is 0. The van der Waals surface area contributed by atoms with Crippen molar-refractivity contribution in [3.05, 3.63) is 0 Å². The summed E-state index contributed by atoms with van der Waals surface area (Å²) in [6.07, 6.45) is 8.52. The lowest BCUT2D eigenvalue weighted by Gasteiger charge is -2.27. The number of hydrogen-bond acceptors (Lipinski definition) is 4. The summed E-state index contributed by atoms with van der Waals surface area (Å²) in [5, 5.41) is 0. The lowest BCUT2D eigenvalue weighted by Crippen LogP contribution is -2.40. The van der Waals surface area contributed by atoms with Crippen molar-refractivity contribution in [1.29, 1.82) is 0 Å². The van der Waals surface area contributed by atoms with Gasteiger partial charge in [0.1, 0.15) is 13.2 Å². The van der Waals surface area contributed by atoms with Gasteiger partial charge in [-0.1, -0.05) is 39.0 Å². The quantitative estimate of drug-likeness (QED) is 0.227. The first-order chi connectivity index (χ1) is 9.27. The summed E-state index contributed by atoms with van der Waals surface area (Å²) >= 11 is 0. The zero-order chi connectivity index (χ0) is 15.5. The molecule has 0 aromatic rings. The van der Waals surface area contributed by atoms with E-state index in [4.69, 9.17) is 4.84 Å². The van der Waals surface area contributed by atoms with Crippen LogP contribution < -0.4 is 0 Å². The normalized spacial score (nSPS) is 12.8. The Hall–Kier alpha value is -0.170. The standard InChI is InChI=1S/C14H31NO4S/c1-4-5-6-7-8-10-13-19-15(2,3)12-9-11-14-20(16,17)18/h4-14H2,1-3H3. The van der Waals surface area contributed by atoms with E-state index in [1.165, 1.54) is 32.1 Å². The van der Waals surface area contributed by atoms with Crippen molar-refractivity contribution in [2.75, 3.05) is 33.0 Å². The minimum absolute atomic E-state index is 0.273. The minimum Gasteiger partial charge on any atom is -0.748 e.